The maximum atomic E-state index is 11.0. The summed E-state index contributed by atoms with van der Waals surface area (Å²) in [6.45, 7) is 6.82. The van der Waals surface area contributed by atoms with Crippen LogP contribution in [0.5, 0.6) is 0 Å². The minimum absolute atomic E-state index is 0.204. The third kappa shape index (κ3) is 1.65. The zero-order valence-electron chi connectivity index (χ0n) is 7.09. The van der Waals surface area contributed by atoms with Crippen LogP contribution in [0.2, 0.25) is 0 Å². The molecule has 0 unspecified atom stereocenters. The van der Waals surface area contributed by atoms with Gasteiger partial charge in [0.25, 0.3) is 5.70 Å². The lowest BCUT2D eigenvalue weighted by atomic mass is 10.2. The van der Waals surface area contributed by atoms with E-state index in [0.717, 1.165) is 31.3 Å². The zero-order valence-corrected chi connectivity index (χ0v) is 7.09. The third-order valence-corrected chi connectivity index (χ3v) is 2.03. The standard InChI is InChI=1S/C9H11NO2/c1-10-8(9(11)12-2)7-5-3-4-6-7/h3-6H2,2H3. The van der Waals surface area contributed by atoms with Gasteiger partial charge in [0.1, 0.15) is 0 Å². The van der Waals surface area contributed by atoms with E-state index in [2.05, 4.69) is 9.58 Å². The molecular formula is C9H11NO2. The lowest BCUT2D eigenvalue weighted by Crippen LogP contribution is -2.03. The van der Waals surface area contributed by atoms with E-state index >= 15 is 0 Å². The van der Waals surface area contributed by atoms with Crippen molar-refractivity contribution in [2.75, 3.05) is 7.11 Å². The van der Waals surface area contributed by atoms with E-state index in [0.29, 0.717) is 0 Å². The van der Waals surface area contributed by atoms with E-state index in [1.807, 2.05) is 0 Å². The number of hydrogen-bond donors (Lipinski definition) is 0. The number of rotatable bonds is 1. The smallest absolute Gasteiger partial charge is 0.335 e. The molecule has 1 rings (SSSR count). The number of ether oxygens (including phenoxy) is 1. The summed E-state index contributed by atoms with van der Waals surface area (Å²) in [5, 5.41) is 0. The molecule has 0 bridgehead atoms. The van der Waals surface area contributed by atoms with Gasteiger partial charge in [-0.1, -0.05) is 18.4 Å². The monoisotopic (exact) mass is 165 g/mol. The topological polar surface area (TPSA) is 30.7 Å². The first-order chi connectivity index (χ1) is 5.79. The molecule has 1 fully saturated rings. The van der Waals surface area contributed by atoms with Crippen LogP contribution >= 0.6 is 0 Å². The molecule has 0 aromatic rings. The summed E-state index contributed by atoms with van der Waals surface area (Å²) >= 11 is 0. The average molecular weight is 165 g/mol. The fourth-order valence-corrected chi connectivity index (χ4v) is 1.40. The van der Waals surface area contributed by atoms with Crippen molar-refractivity contribution in [3.63, 3.8) is 0 Å². The van der Waals surface area contributed by atoms with Crippen molar-refractivity contribution >= 4 is 5.97 Å². The lowest BCUT2D eigenvalue weighted by Gasteiger charge is -1.99. The van der Waals surface area contributed by atoms with Crippen molar-refractivity contribution in [3.05, 3.63) is 22.7 Å². The molecule has 0 amide bonds. The van der Waals surface area contributed by atoms with Crippen molar-refractivity contribution in [3.8, 4) is 0 Å². The van der Waals surface area contributed by atoms with Crippen LogP contribution in [0.15, 0.2) is 11.3 Å². The van der Waals surface area contributed by atoms with Crippen molar-refractivity contribution in [2.24, 2.45) is 0 Å². The molecule has 0 aromatic carbocycles. The highest BCUT2D eigenvalue weighted by Gasteiger charge is 2.18. The van der Waals surface area contributed by atoms with E-state index in [9.17, 15) is 4.79 Å². The van der Waals surface area contributed by atoms with Gasteiger partial charge in [0, 0.05) is 0 Å². The molecule has 0 aliphatic heterocycles. The Bertz CT molecular complexity index is 252. The number of carbonyl (C=O) groups excluding carboxylic acids is 1. The van der Waals surface area contributed by atoms with Crippen LogP contribution in [0.25, 0.3) is 4.85 Å². The van der Waals surface area contributed by atoms with Crippen molar-refractivity contribution in [2.45, 2.75) is 25.7 Å². The van der Waals surface area contributed by atoms with Crippen LogP contribution in [-0.2, 0) is 9.53 Å². The number of hydrogen-bond acceptors (Lipinski definition) is 2. The molecule has 0 N–H and O–H groups in total. The number of carbonyl (C=O) groups is 1. The molecule has 0 spiro atoms. The first-order valence-electron chi connectivity index (χ1n) is 3.97. The molecule has 0 aromatic heterocycles. The predicted molar refractivity (Wildman–Crippen MR) is 44.1 cm³/mol. The van der Waals surface area contributed by atoms with Crippen LogP contribution in [0.3, 0.4) is 0 Å². The normalized spacial score (nSPS) is 15.5. The van der Waals surface area contributed by atoms with E-state index in [1.54, 1.807) is 0 Å². The number of allylic oxidation sites excluding steroid dienone is 1. The highest BCUT2D eigenvalue weighted by Crippen LogP contribution is 2.27. The number of nitrogens with zero attached hydrogens (tertiary/aromatic N) is 1. The van der Waals surface area contributed by atoms with Crippen molar-refractivity contribution in [1.82, 2.24) is 0 Å². The Morgan fingerprint density at radius 1 is 1.50 bits per heavy atom. The lowest BCUT2D eigenvalue weighted by molar-refractivity contribution is -0.135. The highest BCUT2D eigenvalue weighted by atomic mass is 16.5. The van der Waals surface area contributed by atoms with Gasteiger partial charge in [-0.15, -0.1) is 0 Å². The quantitative estimate of drug-likeness (QED) is 0.337. The summed E-state index contributed by atoms with van der Waals surface area (Å²) in [6.07, 6.45) is 3.94. The molecule has 64 valence electrons. The van der Waals surface area contributed by atoms with E-state index < -0.39 is 5.97 Å². The second-order valence-electron chi connectivity index (χ2n) is 2.76. The van der Waals surface area contributed by atoms with Gasteiger partial charge in [-0.2, -0.15) is 0 Å². The molecule has 1 aliphatic carbocycles. The molecule has 3 heteroatoms. The van der Waals surface area contributed by atoms with E-state index in [1.165, 1.54) is 7.11 Å². The second-order valence-corrected chi connectivity index (χ2v) is 2.76. The Morgan fingerprint density at radius 3 is 2.50 bits per heavy atom. The molecule has 0 radical (unpaired) electrons. The molecule has 0 heterocycles. The summed E-state index contributed by atoms with van der Waals surface area (Å²) in [5.41, 5.74) is 1.17. The Kier molecular flexibility index (Phi) is 2.87. The summed E-state index contributed by atoms with van der Waals surface area (Å²) in [4.78, 5) is 14.2. The molecule has 1 aliphatic rings. The van der Waals surface area contributed by atoms with Gasteiger partial charge in [-0.05, 0) is 12.8 Å². The van der Waals surface area contributed by atoms with Crippen molar-refractivity contribution < 1.29 is 9.53 Å². The van der Waals surface area contributed by atoms with Gasteiger partial charge in [0.05, 0.1) is 13.7 Å². The largest absolute Gasteiger partial charge is 0.474 e. The first-order valence-corrected chi connectivity index (χ1v) is 3.97. The molecule has 0 atom stereocenters. The van der Waals surface area contributed by atoms with Gasteiger partial charge < -0.3 is 4.74 Å². The maximum absolute atomic E-state index is 11.0. The molecular weight excluding hydrogens is 154 g/mol. The molecule has 0 saturated heterocycles. The van der Waals surface area contributed by atoms with Crippen LogP contribution in [-0.4, -0.2) is 13.1 Å². The van der Waals surface area contributed by atoms with Crippen molar-refractivity contribution in [1.29, 1.82) is 0 Å². The SMILES string of the molecule is [C-]#[N+]C(C(=O)OC)=C1CCCC1. The fourth-order valence-electron chi connectivity index (χ4n) is 1.40. The minimum atomic E-state index is -0.484. The fraction of sp³-hybridized carbons (Fsp3) is 0.556. The van der Waals surface area contributed by atoms with Gasteiger partial charge >= 0.3 is 5.97 Å². The summed E-state index contributed by atoms with van der Waals surface area (Å²) < 4.78 is 4.51. The van der Waals surface area contributed by atoms with E-state index in [-0.39, 0.29) is 5.70 Å². The van der Waals surface area contributed by atoms with Gasteiger partial charge in [-0.3, -0.25) is 4.79 Å². The number of esters is 1. The predicted octanol–water partition coefficient (Wildman–Crippen LogP) is 1.91. The third-order valence-electron chi connectivity index (χ3n) is 2.03. The molecule has 3 nitrogen and oxygen atoms in total. The minimum Gasteiger partial charge on any atom is -0.474 e. The highest BCUT2D eigenvalue weighted by molar-refractivity contribution is 5.91. The number of methoxy groups -OCH3 is 1. The summed E-state index contributed by atoms with van der Waals surface area (Å²) in [5.74, 6) is -0.484. The second kappa shape index (κ2) is 3.91. The van der Waals surface area contributed by atoms with Gasteiger partial charge in [0.15, 0.2) is 0 Å². The summed E-state index contributed by atoms with van der Waals surface area (Å²) in [7, 11) is 1.31. The van der Waals surface area contributed by atoms with Gasteiger partial charge in [0.2, 0.25) is 0 Å². The Labute approximate surface area is 71.8 Å². The molecule has 12 heavy (non-hydrogen) atoms. The van der Waals surface area contributed by atoms with Crippen LogP contribution < -0.4 is 0 Å². The maximum Gasteiger partial charge on any atom is 0.335 e. The zero-order chi connectivity index (χ0) is 8.97. The van der Waals surface area contributed by atoms with Gasteiger partial charge in [-0.25, -0.2) is 4.85 Å². The Balaban J connectivity index is 2.86. The van der Waals surface area contributed by atoms with Crippen LogP contribution in [0.4, 0.5) is 0 Å². The average Bonchev–Trinajstić information content (AvgIpc) is 2.58. The Morgan fingerprint density at radius 2 is 2.08 bits per heavy atom. The Hall–Kier alpha value is -1.30. The van der Waals surface area contributed by atoms with Crippen LogP contribution in [0, 0.1) is 6.57 Å². The molecule has 1 saturated carbocycles. The summed E-state index contributed by atoms with van der Waals surface area (Å²) in [6, 6.07) is 0. The van der Waals surface area contributed by atoms with Crippen LogP contribution in [0.1, 0.15) is 25.7 Å². The first kappa shape index (κ1) is 8.79. The van der Waals surface area contributed by atoms with E-state index in [4.69, 9.17) is 6.57 Å².